The van der Waals surface area contributed by atoms with Crippen molar-refractivity contribution in [2.24, 2.45) is 23.2 Å². The topological polar surface area (TPSA) is 63.6 Å². The quantitative estimate of drug-likeness (QED) is 0.396. The lowest BCUT2D eigenvalue weighted by molar-refractivity contribution is -0.152. The first-order valence-electron chi connectivity index (χ1n) is 11.0. The van der Waals surface area contributed by atoms with Gasteiger partial charge in [0.15, 0.2) is 0 Å². The maximum atomic E-state index is 11.5. The van der Waals surface area contributed by atoms with Crippen LogP contribution in [0.5, 0.6) is 0 Å². The van der Waals surface area contributed by atoms with Crippen molar-refractivity contribution in [2.75, 3.05) is 6.61 Å². The molecule has 0 saturated heterocycles. The molecule has 2 saturated carbocycles. The van der Waals surface area contributed by atoms with Crippen LogP contribution in [0.3, 0.4) is 0 Å². The van der Waals surface area contributed by atoms with E-state index in [0.29, 0.717) is 24.9 Å². The molecule has 28 heavy (non-hydrogen) atoms. The van der Waals surface area contributed by atoms with Crippen molar-refractivity contribution < 1.29 is 19.4 Å². The minimum atomic E-state index is -0.663. The molecule has 4 heteroatoms. The smallest absolute Gasteiger partial charge is 0.309 e. The van der Waals surface area contributed by atoms with Gasteiger partial charge in [-0.25, -0.2) is 0 Å². The van der Waals surface area contributed by atoms with Crippen LogP contribution in [0.1, 0.15) is 84.5 Å². The summed E-state index contributed by atoms with van der Waals surface area (Å²) in [5, 5.41) is 9.27. The molecular formula is C24H40O4. The molecule has 0 spiro atoms. The van der Waals surface area contributed by atoms with Crippen LogP contribution in [0.4, 0.5) is 0 Å². The van der Waals surface area contributed by atoms with Crippen LogP contribution in [-0.4, -0.2) is 23.7 Å². The molecule has 4 nitrogen and oxygen atoms in total. The standard InChI is InChI=1S/2C12H20O2/c1-3-9-12(2,11(13)14)10-7-5-4-6-8-10;1-3-9-14-12(13)10(2)11-7-5-4-6-8-11/h3,10H,1,4-9H2,2H3,(H,13,14);3,10-11H,1,4-9H2,2H3. The van der Waals surface area contributed by atoms with E-state index in [0.717, 1.165) is 12.8 Å². The Balaban J connectivity index is 0.000000280. The SMILES string of the molecule is C=CCC(C)(C(=O)O)C1CCCCC1.C=CCOC(=O)C(C)C1CCCCC1. The third kappa shape index (κ3) is 7.44. The molecule has 0 aromatic carbocycles. The average Bonchev–Trinajstić information content (AvgIpc) is 2.73. The molecule has 1 N–H and O–H groups in total. The highest BCUT2D eigenvalue weighted by atomic mass is 16.5. The van der Waals surface area contributed by atoms with Gasteiger partial charge in [0, 0.05) is 0 Å². The van der Waals surface area contributed by atoms with Crippen molar-refractivity contribution in [1.29, 1.82) is 0 Å². The normalized spacial score (nSPS) is 21.4. The van der Waals surface area contributed by atoms with Gasteiger partial charge in [0.1, 0.15) is 6.61 Å². The average molecular weight is 393 g/mol. The minimum absolute atomic E-state index is 0.0585. The Bertz CT molecular complexity index is 499. The first kappa shape index (κ1) is 24.5. The fourth-order valence-electron chi connectivity index (χ4n) is 4.57. The van der Waals surface area contributed by atoms with Gasteiger partial charge in [-0.2, -0.15) is 0 Å². The molecule has 2 fully saturated rings. The summed E-state index contributed by atoms with van der Waals surface area (Å²) >= 11 is 0. The first-order chi connectivity index (χ1) is 13.4. The summed E-state index contributed by atoms with van der Waals surface area (Å²) in [7, 11) is 0. The van der Waals surface area contributed by atoms with Gasteiger partial charge >= 0.3 is 11.9 Å². The van der Waals surface area contributed by atoms with Crippen LogP contribution < -0.4 is 0 Å². The highest BCUT2D eigenvalue weighted by Gasteiger charge is 2.40. The summed E-state index contributed by atoms with van der Waals surface area (Å²) in [6.45, 7) is 11.4. The van der Waals surface area contributed by atoms with Gasteiger partial charge in [0.05, 0.1) is 11.3 Å². The van der Waals surface area contributed by atoms with Gasteiger partial charge in [-0.3, -0.25) is 9.59 Å². The molecule has 0 aliphatic heterocycles. The molecule has 2 unspecified atom stereocenters. The van der Waals surface area contributed by atoms with Crippen LogP contribution >= 0.6 is 0 Å². The van der Waals surface area contributed by atoms with Crippen molar-refractivity contribution in [2.45, 2.75) is 84.5 Å². The number of aliphatic carboxylic acids is 1. The molecule has 160 valence electrons. The zero-order valence-electron chi connectivity index (χ0n) is 18.0. The van der Waals surface area contributed by atoms with E-state index < -0.39 is 11.4 Å². The van der Waals surface area contributed by atoms with Gasteiger partial charge in [0.2, 0.25) is 0 Å². The number of allylic oxidation sites excluding steroid dienone is 1. The zero-order valence-corrected chi connectivity index (χ0v) is 18.0. The molecule has 2 rings (SSSR count). The Kier molecular flexibility index (Phi) is 11.2. The highest BCUT2D eigenvalue weighted by molar-refractivity contribution is 5.74. The van der Waals surface area contributed by atoms with Crippen molar-refractivity contribution in [3.63, 3.8) is 0 Å². The van der Waals surface area contributed by atoms with Gasteiger partial charge in [-0.05, 0) is 50.9 Å². The number of carbonyl (C=O) groups is 2. The maximum absolute atomic E-state index is 11.5. The molecule has 2 atom stereocenters. The Morgan fingerprint density at radius 1 is 1.04 bits per heavy atom. The number of carboxylic acids is 1. The third-order valence-corrected chi connectivity index (χ3v) is 6.64. The largest absolute Gasteiger partial charge is 0.481 e. The summed E-state index contributed by atoms with van der Waals surface area (Å²) in [6, 6.07) is 0. The Hall–Kier alpha value is -1.58. The van der Waals surface area contributed by atoms with E-state index in [1.54, 1.807) is 12.2 Å². The van der Waals surface area contributed by atoms with Crippen LogP contribution in [0, 0.1) is 23.2 Å². The van der Waals surface area contributed by atoms with Crippen molar-refractivity contribution in [1.82, 2.24) is 0 Å². The lowest BCUT2D eigenvalue weighted by Gasteiger charge is -2.35. The number of hydrogen-bond donors (Lipinski definition) is 1. The van der Waals surface area contributed by atoms with E-state index >= 15 is 0 Å². The number of hydrogen-bond acceptors (Lipinski definition) is 3. The van der Waals surface area contributed by atoms with Crippen molar-refractivity contribution in [3.8, 4) is 0 Å². The molecule has 0 radical (unpaired) electrons. The molecule has 0 heterocycles. The number of carboxylic acid groups (broad SMARTS) is 1. The Labute approximate surface area is 171 Å². The van der Waals surface area contributed by atoms with Gasteiger partial charge in [-0.15, -0.1) is 6.58 Å². The zero-order chi connectivity index (χ0) is 21.0. The highest BCUT2D eigenvalue weighted by Crippen LogP contribution is 2.41. The van der Waals surface area contributed by atoms with E-state index in [1.807, 2.05) is 13.8 Å². The minimum Gasteiger partial charge on any atom is -0.481 e. The van der Waals surface area contributed by atoms with Crippen molar-refractivity contribution in [3.05, 3.63) is 25.3 Å². The van der Waals surface area contributed by atoms with Gasteiger partial charge in [-0.1, -0.05) is 64.2 Å². The molecule has 0 amide bonds. The van der Waals surface area contributed by atoms with E-state index in [9.17, 15) is 14.7 Å². The summed E-state index contributed by atoms with van der Waals surface area (Å²) in [6.07, 6.45) is 15.9. The molecule has 0 aromatic heterocycles. The van der Waals surface area contributed by atoms with Gasteiger partial charge in [0.25, 0.3) is 0 Å². The first-order valence-corrected chi connectivity index (χ1v) is 11.0. The van der Waals surface area contributed by atoms with Crippen LogP contribution in [0.2, 0.25) is 0 Å². The van der Waals surface area contributed by atoms with Gasteiger partial charge < -0.3 is 9.84 Å². The summed E-state index contributed by atoms with van der Waals surface area (Å²) < 4.78 is 5.05. The predicted molar refractivity (Wildman–Crippen MR) is 114 cm³/mol. The summed E-state index contributed by atoms with van der Waals surface area (Å²) in [5.41, 5.74) is -0.581. The second kappa shape index (κ2) is 12.8. The number of esters is 1. The second-order valence-corrected chi connectivity index (χ2v) is 8.66. The number of rotatable bonds is 8. The van der Waals surface area contributed by atoms with Crippen molar-refractivity contribution >= 4 is 11.9 Å². The van der Waals surface area contributed by atoms with E-state index in [-0.39, 0.29) is 11.9 Å². The lowest BCUT2D eigenvalue weighted by atomic mass is 9.68. The second-order valence-electron chi connectivity index (χ2n) is 8.66. The lowest BCUT2D eigenvalue weighted by Crippen LogP contribution is -2.36. The third-order valence-electron chi connectivity index (χ3n) is 6.64. The summed E-state index contributed by atoms with van der Waals surface area (Å²) in [4.78, 5) is 22.8. The van der Waals surface area contributed by atoms with Crippen LogP contribution in [-0.2, 0) is 14.3 Å². The molecule has 2 aliphatic carbocycles. The maximum Gasteiger partial charge on any atom is 0.309 e. The molecule has 0 aromatic rings. The molecule has 0 bridgehead atoms. The van der Waals surface area contributed by atoms with E-state index in [1.165, 1.54) is 51.4 Å². The monoisotopic (exact) mass is 392 g/mol. The molecular weight excluding hydrogens is 352 g/mol. The Morgan fingerprint density at radius 2 is 1.57 bits per heavy atom. The van der Waals surface area contributed by atoms with Crippen LogP contribution in [0.15, 0.2) is 25.3 Å². The number of carbonyl (C=O) groups excluding carboxylic acids is 1. The number of ether oxygens (including phenoxy) is 1. The predicted octanol–water partition coefficient (Wildman–Crippen LogP) is 6.17. The fraction of sp³-hybridized carbons (Fsp3) is 0.750. The fourth-order valence-corrected chi connectivity index (χ4v) is 4.57. The van der Waals surface area contributed by atoms with E-state index in [2.05, 4.69) is 13.2 Å². The van der Waals surface area contributed by atoms with Crippen LogP contribution in [0.25, 0.3) is 0 Å². The van der Waals surface area contributed by atoms with E-state index in [4.69, 9.17) is 4.74 Å². The molecule has 2 aliphatic rings. The Morgan fingerprint density at radius 3 is 2.04 bits per heavy atom. The summed E-state index contributed by atoms with van der Waals surface area (Å²) in [5.74, 6) is 0.226.